The van der Waals surface area contributed by atoms with Crippen LogP contribution in [0.4, 0.5) is 5.69 Å². The summed E-state index contributed by atoms with van der Waals surface area (Å²) < 4.78 is 0. The number of nitriles is 1. The van der Waals surface area contributed by atoms with Gasteiger partial charge in [-0.1, -0.05) is 23.8 Å². The number of hydrogen-bond donors (Lipinski definition) is 1. The van der Waals surface area contributed by atoms with Gasteiger partial charge in [0.1, 0.15) is 0 Å². The van der Waals surface area contributed by atoms with Crippen molar-refractivity contribution in [2.75, 3.05) is 18.0 Å². The number of nitrogens with one attached hydrogen (secondary N) is 1. The van der Waals surface area contributed by atoms with E-state index in [0.717, 1.165) is 28.9 Å². The van der Waals surface area contributed by atoms with Crippen molar-refractivity contribution in [3.8, 4) is 6.07 Å². The molecule has 134 valence electrons. The number of anilines is 1. The third-order valence-electron chi connectivity index (χ3n) is 4.18. The van der Waals surface area contributed by atoms with Gasteiger partial charge in [-0.25, -0.2) is 5.43 Å². The molecule has 0 aliphatic heterocycles. The van der Waals surface area contributed by atoms with E-state index in [-0.39, 0.29) is 5.91 Å². The van der Waals surface area contributed by atoms with Gasteiger partial charge in [0, 0.05) is 24.3 Å². The lowest BCUT2D eigenvalue weighted by Crippen LogP contribution is -2.23. The molecule has 2 aromatic carbocycles. The van der Waals surface area contributed by atoms with Gasteiger partial charge in [-0.15, -0.1) is 0 Å². The van der Waals surface area contributed by atoms with E-state index in [1.54, 1.807) is 18.3 Å². The first kappa shape index (κ1) is 19.2. The average Bonchev–Trinajstić information content (AvgIpc) is 2.64. The molecule has 0 aromatic heterocycles. The van der Waals surface area contributed by atoms with Crippen LogP contribution in [0.1, 0.15) is 40.4 Å². The molecule has 1 amide bonds. The first-order chi connectivity index (χ1) is 12.5. The summed E-state index contributed by atoms with van der Waals surface area (Å²) in [7, 11) is 0. The van der Waals surface area contributed by atoms with Crippen molar-refractivity contribution in [1.82, 2.24) is 5.43 Å². The van der Waals surface area contributed by atoms with E-state index < -0.39 is 0 Å². The second-order valence-corrected chi connectivity index (χ2v) is 6.09. The fraction of sp³-hybridized carbons (Fsp3) is 0.286. The van der Waals surface area contributed by atoms with E-state index >= 15 is 0 Å². The van der Waals surface area contributed by atoms with E-state index in [1.807, 2.05) is 38.1 Å². The van der Waals surface area contributed by atoms with E-state index in [4.69, 9.17) is 5.26 Å². The lowest BCUT2D eigenvalue weighted by molar-refractivity contribution is 0.0955. The number of nitrogens with zero attached hydrogens (tertiary/aromatic N) is 3. The lowest BCUT2D eigenvalue weighted by atomic mass is 10.1. The van der Waals surface area contributed by atoms with Crippen molar-refractivity contribution < 1.29 is 4.79 Å². The predicted octanol–water partition coefficient (Wildman–Crippen LogP) is 3.81. The van der Waals surface area contributed by atoms with Gasteiger partial charge in [0.05, 0.1) is 18.7 Å². The number of benzene rings is 2. The minimum absolute atomic E-state index is 0.232. The maximum atomic E-state index is 12.1. The van der Waals surface area contributed by atoms with Crippen LogP contribution in [0.2, 0.25) is 0 Å². The molecule has 0 heterocycles. The van der Waals surface area contributed by atoms with Gasteiger partial charge in [-0.3, -0.25) is 4.79 Å². The summed E-state index contributed by atoms with van der Waals surface area (Å²) in [4.78, 5) is 14.2. The summed E-state index contributed by atoms with van der Waals surface area (Å²) >= 11 is 0. The molecule has 0 radical (unpaired) electrons. The Labute approximate surface area is 155 Å². The van der Waals surface area contributed by atoms with E-state index in [2.05, 4.69) is 34.5 Å². The molecule has 2 aromatic rings. The van der Waals surface area contributed by atoms with E-state index in [1.165, 1.54) is 0 Å². The van der Waals surface area contributed by atoms with Crippen LogP contribution < -0.4 is 10.3 Å². The zero-order valence-electron chi connectivity index (χ0n) is 15.5. The number of aryl methyl sites for hydroxylation is 2. The molecular formula is C21H24N4O. The summed E-state index contributed by atoms with van der Waals surface area (Å²) in [6.45, 7) is 7.62. The number of amides is 1. The van der Waals surface area contributed by atoms with Gasteiger partial charge >= 0.3 is 0 Å². The minimum Gasteiger partial charge on any atom is -0.371 e. The SMILES string of the molecule is CCN(CCC#N)c1ccc(/C=N\NC(=O)c2ccc(C)cc2)c(C)c1. The largest absolute Gasteiger partial charge is 0.371 e. The van der Waals surface area contributed by atoms with Crippen LogP contribution in [0, 0.1) is 25.2 Å². The maximum absolute atomic E-state index is 12.1. The van der Waals surface area contributed by atoms with Gasteiger partial charge in [-0.05, 0) is 56.2 Å². The molecule has 5 nitrogen and oxygen atoms in total. The van der Waals surface area contributed by atoms with Crippen LogP contribution in [0.3, 0.4) is 0 Å². The highest BCUT2D eigenvalue weighted by Gasteiger charge is 2.06. The number of rotatable bonds is 7. The fourth-order valence-electron chi connectivity index (χ4n) is 2.59. The second-order valence-electron chi connectivity index (χ2n) is 6.09. The van der Waals surface area contributed by atoms with Crippen LogP contribution in [0.5, 0.6) is 0 Å². The standard InChI is InChI=1S/C21H24N4O/c1-4-25(13-5-12-22)20-11-10-19(17(3)14-20)15-23-24-21(26)18-8-6-16(2)7-9-18/h6-11,14-15H,4-5,13H2,1-3H3,(H,24,26)/b23-15-. The van der Waals surface area contributed by atoms with Crippen molar-refractivity contribution in [1.29, 1.82) is 5.26 Å². The molecule has 0 unspecified atom stereocenters. The molecule has 5 heteroatoms. The zero-order valence-corrected chi connectivity index (χ0v) is 15.5. The predicted molar refractivity (Wildman–Crippen MR) is 106 cm³/mol. The lowest BCUT2D eigenvalue weighted by Gasteiger charge is -2.22. The Kier molecular flexibility index (Phi) is 6.92. The minimum atomic E-state index is -0.232. The second kappa shape index (κ2) is 9.38. The van der Waals surface area contributed by atoms with Gasteiger partial charge in [0.15, 0.2) is 0 Å². The molecular weight excluding hydrogens is 324 g/mol. The Morgan fingerprint density at radius 1 is 1.23 bits per heavy atom. The van der Waals surface area contributed by atoms with Crippen molar-refractivity contribution in [2.24, 2.45) is 5.10 Å². The van der Waals surface area contributed by atoms with Gasteiger partial charge in [-0.2, -0.15) is 10.4 Å². The maximum Gasteiger partial charge on any atom is 0.271 e. The fourth-order valence-corrected chi connectivity index (χ4v) is 2.59. The molecule has 0 saturated carbocycles. The van der Waals surface area contributed by atoms with Crippen molar-refractivity contribution in [3.05, 3.63) is 64.7 Å². The quantitative estimate of drug-likeness (QED) is 0.611. The first-order valence-corrected chi connectivity index (χ1v) is 8.67. The Balaban J connectivity index is 2.03. The van der Waals surface area contributed by atoms with Gasteiger partial charge < -0.3 is 4.90 Å². The summed E-state index contributed by atoms with van der Waals surface area (Å²) in [6.07, 6.45) is 2.15. The van der Waals surface area contributed by atoms with Crippen LogP contribution in [-0.4, -0.2) is 25.2 Å². The molecule has 0 saturated heterocycles. The topological polar surface area (TPSA) is 68.5 Å². The Morgan fingerprint density at radius 3 is 2.58 bits per heavy atom. The number of hydrogen-bond acceptors (Lipinski definition) is 4. The molecule has 0 aliphatic rings. The number of carbonyl (C=O) groups is 1. The van der Waals surface area contributed by atoms with Crippen molar-refractivity contribution >= 4 is 17.8 Å². The highest BCUT2D eigenvalue weighted by Crippen LogP contribution is 2.18. The van der Waals surface area contributed by atoms with Crippen LogP contribution in [0.15, 0.2) is 47.6 Å². The summed E-state index contributed by atoms with van der Waals surface area (Å²) in [5.41, 5.74) is 7.33. The van der Waals surface area contributed by atoms with Gasteiger partial charge in [0.2, 0.25) is 0 Å². The van der Waals surface area contributed by atoms with E-state index in [0.29, 0.717) is 18.5 Å². The highest BCUT2D eigenvalue weighted by atomic mass is 16.2. The molecule has 0 aliphatic carbocycles. The highest BCUT2D eigenvalue weighted by molar-refractivity contribution is 5.95. The van der Waals surface area contributed by atoms with Crippen molar-refractivity contribution in [2.45, 2.75) is 27.2 Å². The van der Waals surface area contributed by atoms with Crippen LogP contribution >= 0.6 is 0 Å². The molecule has 1 N–H and O–H groups in total. The van der Waals surface area contributed by atoms with Crippen LogP contribution in [0.25, 0.3) is 0 Å². The molecule has 0 spiro atoms. The Morgan fingerprint density at radius 2 is 1.96 bits per heavy atom. The third-order valence-corrected chi connectivity index (χ3v) is 4.18. The average molecular weight is 348 g/mol. The molecule has 2 rings (SSSR count). The number of hydrazone groups is 1. The summed E-state index contributed by atoms with van der Waals surface area (Å²) in [5, 5.41) is 12.8. The monoisotopic (exact) mass is 348 g/mol. The van der Waals surface area contributed by atoms with Gasteiger partial charge in [0.25, 0.3) is 5.91 Å². The van der Waals surface area contributed by atoms with E-state index in [9.17, 15) is 4.79 Å². The summed E-state index contributed by atoms with van der Waals surface area (Å²) in [6, 6.07) is 15.6. The summed E-state index contributed by atoms with van der Waals surface area (Å²) in [5.74, 6) is -0.232. The third kappa shape index (κ3) is 5.18. The molecule has 26 heavy (non-hydrogen) atoms. The normalized spacial score (nSPS) is 10.5. The van der Waals surface area contributed by atoms with Crippen LogP contribution in [-0.2, 0) is 0 Å². The first-order valence-electron chi connectivity index (χ1n) is 8.67. The molecule has 0 atom stereocenters. The smallest absolute Gasteiger partial charge is 0.271 e. The zero-order chi connectivity index (χ0) is 18.9. The number of carbonyl (C=O) groups excluding carboxylic acids is 1. The van der Waals surface area contributed by atoms with Crippen molar-refractivity contribution in [3.63, 3.8) is 0 Å². The Bertz CT molecular complexity index is 819. The Hall–Kier alpha value is -3.13. The molecule has 0 fully saturated rings. The molecule has 0 bridgehead atoms.